The minimum absolute atomic E-state index is 0.193. The van der Waals surface area contributed by atoms with E-state index in [2.05, 4.69) is 9.97 Å². The van der Waals surface area contributed by atoms with Gasteiger partial charge in [0.05, 0.1) is 23.2 Å². The minimum atomic E-state index is -4.87. The van der Waals surface area contributed by atoms with Gasteiger partial charge in [0, 0.05) is 25.4 Å². The van der Waals surface area contributed by atoms with Crippen LogP contribution in [0.1, 0.15) is 16.8 Å². The third kappa shape index (κ3) is 3.64. The molecule has 1 aliphatic rings. The molecule has 1 saturated heterocycles. The second-order valence-corrected chi connectivity index (χ2v) is 7.51. The topological polar surface area (TPSA) is 89.5 Å². The van der Waals surface area contributed by atoms with Crippen molar-refractivity contribution in [1.82, 2.24) is 14.9 Å². The first-order chi connectivity index (χ1) is 12.4. The molecule has 1 amide bonds. The Kier molecular flexibility index (Phi) is 5.12. The molecule has 0 saturated carbocycles. The Bertz CT molecular complexity index is 893. The van der Waals surface area contributed by atoms with Crippen LogP contribution in [0.3, 0.4) is 0 Å². The molecular formula is C16H15F2N3O4S. The van der Waals surface area contributed by atoms with E-state index in [1.165, 1.54) is 41.7 Å². The van der Waals surface area contributed by atoms with E-state index in [0.717, 1.165) is 6.07 Å². The Morgan fingerprint density at radius 3 is 2.73 bits per heavy atom. The maximum absolute atomic E-state index is 12.9. The van der Waals surface area contributed by atoms with E-state index in [0.29, 0.717) is 18.8 Å². The molecule has 0 radical (unpaired) electrons. The molecule has 1 aromatic carbocycles. The number of alkyl halides is 2. The van der Waals surface area contributed by atoms with Crippen LogP contribution in [-0.4, -0.2) is 54.1 Å². The molecule has 1 unspecified atom stereocenters. The molecule has 1 aromatic heterocycles. The second-order valence-electron chi connectivity index (χ2n) is 5.63. The van der Waals surface area contributed by atoms with E-state index in [4.69, 9.17) is 4.74 Å². The highest BCUT2D eigenvalue weighted by molar-refractivity contribution is 7.91. The van der Waals surface area contributed by atoms with Crippen molar-refractivity contribution in [2.75, 3.05) is 13.1 Å². The van der Waals surface area contributed by atoms with Gasteiger partial charge in [-0.15, -0.1) is 0 Å². The van der Waals surface area contributed by atoms with Crippen molar-refractivity contribution < 1.29 is 26.7 Å². The first kappa shape index (κ1) is 18.2. The highest BCUT2D eigenvalue weighted by atomic mass is 32.2. The van der Waals surface area contributed by atoms with Gasteiger partial charge in [0.15, 0.2) is 0 Å². The van der Waals surface area contributed by atoms with Gasteiger partial charge in [-0.1, -0.05) is 12.1 Å². The fourth-order valence-corrected chi connectivity index (χ4v) is 3.61. The zero-order chi connectivity index (χ0) is 18.7. The number of nitrogens with zero attached hydrogens (tertiary/aromatic N) is 3. The number of rotatable bonds is 5. The van der Waals surface area contributed by atoms with Crippen molar-refractivity contribution in [3.63, 3.8) is 0 Å². The summed E-state index contributed by atoms with van der Waals surface area (Å²) in [5, 5.41) is 0. The molecule has 1 atom stereocenters. The highest BCUT2D eigenvalue weighted by Crippen LogP contribution is 2.25. The lowest BCUT2D eigenvalue weighted by Gasteiger charge is -2.18. The Morgan fingerprint density at radius 2 is 2.04 bits per heavy atom. The maximum Gasteiger partial charge on any atom is 0.341 e. The number of amides is 1. The molecule has 1 aliphatic heterocycles. The van der Waals surface area contributed by atoms with Crippen molar-refractivity contribution in [2.45, 2.75) is 23.2 Å². The molecule has 2 aromatic rings. The van der Waals surface area contributed by atoms with Crippen LogP contribution in [0.4, 0.5) is 8.78 Å². The summed E-state index contributed by atoms with van der Waals surface area (Å²) < 4.78 is 55.0. The van der Waals surface area contributed by atoms with Crippen molar-refractivity contribution in [2.24, 2.45) is 0 Å². The molecule has 0 N–H and O–H groups in total. The lowest BCUT2D eigenvalue weighted by molar-refractivity contribution is 0.0767. The Labute approximate surface area is 148 Å². The van der Waals surface area contributed by atoms with Crippen LogP contribution in [0, 0.1) is 0 Å². The van der Waals surface area contributed by atoms with Gasteiger partial charge in [0.25, 0.3) is 5.91 Å². The SMILES string of the molecule is O=C(c1ccccc1S(=O)(=O)C(F)F)N1CCC(Oc2cnccn2)C1. The van der Waals surface area contributed by atoms with Gasteiger partial charge in [0.1, 0.15) is 6.10 Å². The average Bonchev–Trinajstić information content (AvgIpc) is 3.10. The number of likely N-dealkylation sites (tertiary alicyclic amines) is 1. The summed E-state index contributed by atoms with van der Waals surface area (Å²) >= 11 is 0. The molecule has 138 valence electrons. The summed E-state index contributed by atoms with van der Waals surface area (Å²) in [6, 6.07) is 4.98. The predicted molar refractivity (Wildman–Crippen MR) is 86.6 cm³/mol. The number of sulfone groups is 1. The van der Waals surface area contributed by atoms with E-state index in [-0.39, 0.29) is 18.2 Å². The number of hydrogen-bond acceptors (Lipinski definition) is 6. The molecule has 7 nitrogen and oxygen atoms in total. The summed E-state index contributed by atoms with van der Waals surface area (Å²) in [5.41, 5.74) is -0.270. The van der Waals surface area contributed by atoms with Gasteiger partial charge in [0.2, 0.25) is 15.7 Å². The summed E-state index contributed by atoms with van der Waals surface area (Å²) in [6.07, 6.45) is 4.58. The van der Waals surface area contributed by atoms with E-state index in [9.17, 15) is 22.0 Å². The molecule has 1 fully saturated rings. The zero-order valence-corrected chi connectivity index (χ0v) is 14.3. The Morgan fingerprint density at radius 1 is 1.27 bits per heavy atom. The van der Waals surface area contributed by atoms with Gasteiger partial charge in [-0.25, -0.2) is 13.4 Å². The lowest BCUT2D eigenvalue weighted by atomic mass is 10.2. The van der Waals surface area contributed by atoms with Crippen molar-refractivity contribution in [3.05, 3.63) is 48.4 Å². The number of halogens is 2. The summed E-state index contributed by atoms with van der Waals surface area (Å²) in [7, 11) is -4.87. The largest absolute Gasteiger partial charge is 0.471 e. The molecule has 26 heavy (non-hydrogen) atoms. The molecular weight excluding hydrogens is 368 g/mol. The number of benzene rings is 1. The number of carbonyl (C=O) groups excluding carboxylic acids is 1. The van der Waals surface area contributed by atoms with Gasteiger partial charge >= 0.3 is 5.76 Å². The average molecular weight is 383 g/mol. The number of ether oxygens (including phenoxy) is 1. The number of hydrogen-bond donors (Lipinski definition) is 0. The number of carbonyl (C=O) groups is 1. The summed E-state index contributed by atoms with van der Waals surface area (Å²) in [5.74, 6) is -3.91. The predicted octanol–water partition coefficient (Wildman–Crippen LogP) is 1.77. The van der Waals surface area contributed by atoms with Crippen molar-refractivity contribution in [1.29, 1.82) is 0 Å². The van der Waals surface area contributed by atoms with E-state index in [1.807, 2.05) is 0 Å². The second kappa shape index (κ2) is 7.32. The first-order valence-electron chi connectivity index (χ1n) is 7.72. The quantitative estimate of drug-likeness (QED) is 0.782. The standard InChI is InChI=1S/C16H15F2N3O4S/c17-16(18)26(23,24)13-4-2-1-3-12(13)15(22)21-8-5-11(10-21)25-14-9-19-6-7-20-14/h1-4,6-7,9,11,16H,5,8,10H2. The lowest BCUT2D eigenvalue weighted by Crippen LogP contribution is -2.32. The van der Waals surface area contributed by atoms with Crippen LogP contribution in [0.25, 0.3) is 0 Å². The fraction of sp³-hybridized carbons (Fsp3) is 0.312. The van der Waals surface area contributed by atoms with Crippen LogP contribution in [-0.2, 0) is 9.84 Å². The van der Waals surface area contributed by atoms with Crippen LogP contribution in [0.15, 0.2) is 47.8 Å². The maximum atomic E-state index is 12.9. The van der Waals surface area contributed by atoms with Crippen LogP contribution < -0.4 is 4.74 Å². The van der Waals surface area contributed by atoms with E-state index >= 15 is 0 Å². The molecule has 2 heterocycles. The zero-order valence-electron chi connectivity index (χ0n) is 13.5. The number of aromatic nitrogens is 2. The summed E-state index contributed by atoms with van der Waals surface area (Å²) in [6.45, 7) is 0.505. The van der Waals surface area contributed by atoms with Gasteiger partial charge in [-0.3, -0.25) is 9.78 Å². The third-order valence-corrected chi connectivity index (χ3v) is 5.36. The molecule has 0 bridgehead atoms. The van der Waals surface area contributed by atoms with E-state index in [1.54, 1.807) is 0 Å². The van der Waals surface area contributed by atoms with Gasteiger partial charge < -0.3 is 9.64 Å². The molecule has 3 rings (SSSR count). The van der Waals surface area contributed by atoms with Gasteiger partial charge in [-0.2, -0.15) is 8.78 Å². The van der Waals surface area contributed by atoms with Crippen LogP contribution in [0.2, 0.25) is 0 Å². The first-order valence-corrected chi connectivity index (χ1v) is 9.27. The molecule has 10 heteroatoms. The molecule has 0 spiro atoms. The molecule has 0 aliphatic carbocycles. The van der Waals surface area contributed by atoms with Crippen molar-refractivity contribution in [3.8, 4) is 5.88 Å². The monoisotopic (exact) mass is 383 g/mol. The van der Waals surface area contributed by atoms with Crippen LogP contribution >= 0.6 is 0 Å². The van der Waals surface area contributed by atoms with Crippen molar-refractivity contribution >= 4 is 15.7 Å². The third-order valence-electron chi connectivity index (χ3n) is 3.92. The van der Waals surface area contributed by atoms with Gasteiger partial charge in [-0.05, 0) is 12.1 Å². The smallest absolute Gasteiger partial charge is 0.341 e. The van der Waals surface area contributed by atoms with Crippen LogP contribution in [0.5, 0.6) is 5.88 Å². The Balaban J connectivity index is 1.77. The normalized spacial score (nSPS) is 17.5. The minimum Gasteiger partial charge on any atom is -0.471 e. The fourth-order valence-electron chi connectivity index (χ4n) is 2.68. The summed E-state index contributed by atoms with van der Waals surface area (Å²) in [4.78, 5) is 21.2. The highest BCUT2D eigenvalue weighted by Gasteiger charge is 2.34. The Hall–Kier alpha value is -2.62. The van der Waals surface area contributed by atoms with E-state index < -0.39 is 26.4 Å².